The van der Waals surface area contributed by atoms with Crippen LogP contribution in [0.5, 0.6) is 0 Å². The van der Waals surface area contributed by atoms with Crippen molar-refractivity contribution in [2.75, 3.05) is 0 Å². The molecule has 3 unspecified atom stereocenters. The number of aliphatic hydroxyl groups is 1. The van der Waals surface area contributed by atoms with Gasteiger partial charge in [-0.1, -0.05) is 72.0 Å². The zero-order valence-corrected chi connectivity index (χ0v) is 12.8. The Balaban J connectivity index is 2.47. The lowest BCUT2D eigenvalue weighted by Crippen LogP contribution is -2.32. The third-order valence-corrected chi connectivity index (χ3v) is 4.64. The van der Waals surface area contributed by atoms with E-state index in [1.54, 1.807) is 0 Å². The van der Waals surface area contributed by atoms with Crippen molar-refractivity contribution in [3.05, 3.63) is 12.2 Å². The van der Waals surface area contributed by atoms with Gasteiger partial charge >= 0.3 is 0 Å². The number of unbranched alkanes of at least 4 members (excludes halogenated alkanes) is 2. The molecule has 0 heterocycles. The number of hydrogen-bond donors (Lipinski definition) is 1. The van der Waals surface area contributed by atoms with Gasteiger partial charge in [0.1, 0.15) is 0 Å². The fraction of sp³-hybridized carbons (Fsp3) is 0.882. The second kappa shape index (κ2) is 7.33. The Bertz CT molecular complexity index is 254. The molecule has 1 nitrogen and oxygen atoms in total. The largest absolute Gasteiger partial charge is 0.389 e. The standard InChI is InChI=1S/C17H32O/c1-5-6-7-10-15(18)11-12-16-14(2)9-8-13-17(16,3)4/h11-12,14-16,18H,5-10,13H2,1-4H3. The molecule has 0 aromatic rings. The molecule has 0 bridgehead atoms. The van der Waals surface area contributed by atoms with E-state index in [0.29, 0.717) is 11.3 Å². The smallest absolute Gasteiger partial charge is 0.0721 e. The molecule has 0 radical (unpaired) electrons. The van der Waals surface area contributed by atoms with E-state index in [0.717, 1.165) is 18.8 Å². The van der Waals surface area contributed by atoms with Crippen LogP contribution < -0.4 is 0 Å². The van der Waals surface area contributed by atoms with Crippen molar-refractivity contribution >= 4 is 0 Å². The van der Waals surface area contributed by atoms with Crippen molar-refractivity contribution in [1.82, 2.24) is 0 Å². The summed E-state index contributed by atoms with van der Waals surface area (Å²) in [5.41, 5.74) is 0.400. The third-order valence-electron chi connectivity index (χ3n) is 4.64. The van der Waals surface area contributed by atoms with Gasteiger partial charge in [0.15, 0.2) is 0 Å². The predicted octanol–water partition coefficient (Wildman–Crippen LogP) is 4.95. The highest BCUT2D eigenvalue weighted by Gasteiger charge is 2.34. The minimum Gasteiger partial charge on any atom is -0.389 e. The average molecular weight is 252 g/mol. The summed E-state index contributed by atoms with van der Waals surface area (Å²) in [6.07, 6.45) is 12.7. The van der Waals surface area contributed by atoms with Gasteiger partial charge in [-0.3, -0.25) is 0 Å². The maximum atomic E-state index is 9.98. The second-order valence-electron chi connectivity index (χ2n) is 6.83. The maximum Gasteiger partial charge on any atom is 0.0721 e. The molecule has 1 saturated carbocycles. The van der Waals surface area contributed by atoms with E-state index in [1.807, 2.05) is 0 Å². The van der Waals surface area contributed by atoms with Crippen LogP contribution in [0.15, 0.2) is 12.2 Å². The van der Waals surface area contributed by atoms with Crippen molar-refractivity contribution in [2.24, 2.45) is 17.3 Å². The molecule has 0 aromatic heterocycles. The highest BCUT2D eigenvalue weighted by atomic mass is 16.3. The summed E-state index contributed by atoms with van der Waals surface area (Å²) < 4.78 is 0. The Morgan fingerprint density at radius 1 is 1.33 bits per heavy atom. The normalized spacial score (nSPS) is 29.6. The first-order chi connectivity index (χ1) is 8.47. The average Bonchev–Trinajstić information content (AvgIpc) is 2.28. The van der Waals surface area contributed by atoms with Crippen LogP contribution in [0.25, 0.3) is 0 Å². The number of allylic oxidation sites excluding steroid dienone is 1. The lowest BCUT2D eigenvalue weighted by molar-refractivity contribution is 0.120. The van der Waals surface area contributed by atoms with Gasteiger partial charge in [0, 0.05) is 0 Å². The van der Waals surface area contributed by atoms with E-state index in [9.17, 15) is 5.11 Å². The zero-order valence-electron chi connectivity index (χ0n) is 12.8. The van der Waals surface area contributed by atoms with Gasteiger partial charge in [-0.05, 0) is 30.1 Å². The molecule has 0 amide bonds. The summed E-state index contributed by atoms with van der Waals surface area (Å²) in [4.78, 5) is 0. The summed E-state index contributed by atoms with van der Waals surface area (Å²) in [7, 11) is 0. The first-order valence-corrected chi connectivity index (χ1v) is 7.83. The highest BCUT2D eigenvalue weighted by Crippen LogP contribution is 2.44. The topological polar surface area (TPSA) is 20.2 Å². The molecule has 106 valence electrons. The van der Waals surface area contributed by atoms with Gasteiger partial charge in [-0.25, -0.2) is 0 Å². The van der Waals surface area contributed by atoms with E-state index in [2.05, 4.69) is 39.8 Å². The second-order valence-corrected chi connectivity index (χ2v) is 6.83. The van der Waals surface area contributed by atoms with Crippen LogP contribution in [0.4, 0.5) is 0 Å². The third kappa shape index (κ3) is 4.76. The van der Waals surface area contributed by atoms with Crippen molar-refractivity contribution < 1.29 is 5.11 Å². The maximum absolute atomic E-state index is 9.98. The lowest BCUT2D eigenvalue weighted by Gasteiger charge is -2.41. The van der Waals surface area contributed by atoms with E-state index in [4.69, 9.17) is 0 Å². The van der Waals surface area contributed by atoms with Crippen LogP contribution in [0, 0.1) is 17.3 Å². The van der Waals surface area contributed by atoms with Crippen molar-refractivity contribution in [2.45, 2.75) is 78.7 Å². The molecule has 1 rings (SSSR count). The Hall–Kier alpha value is -0.300. The fourth-order valence-electron chi connectivity index (χ4n) is 3.39. The van der Waals surface area contributed by atoms with Crippen molar-refractivity contribution in [1.29, 1.82) is 0 Å². The Kier molecular flexibility index (Phi) is 6.42. The molecule has 18 heavy (non-hydrogen) atoms. The molecule has 1 aliphatic rings. The molecule has 1 fully saturated rings. The van der Waals surface area contributed by atoms with E-state index < -0.39 is 0 Å². The van der Waals surface area contributed by atoms with Gasteiger partial charge in [0.2, 0.25) is 0 Å². The van der Waals surface area contributed by atoms with Crippen LogP contribution in [-0.2, 0) is 0 Å². The lowest BCUT2D eigenvalue weighted by atomic mass is 9.64. The summed E-state index contributed by atoms with van der Waals surface area (Å²) in [6, 6.07) is 0. The predicted molar refractivity (Wildman–Crippen MR) is 79.6 cm³/mol. The molecule has 0 aliphatic heterocycles. The van der Waals surface area contributed by atoms with Crippen molar-refractivity contribution in [3.8, 4) is 0 Å². The minimum absolute atomic E-state index is 0.235. The molecule has 3 atom stereocenters. The molecule has 1 N–H and O–H groups in total. The zero-order chi connectivity index (χ0) is 13.6. The van der Waals surface area contributed by atoms with Gasteiger partial charge < -0.3 is 5.11 Å². The van der Waals surface area contributed by atoms with Crippen LogP contribution in [0.3, 0.4) is 0 Å². The van der Waals surface area contributed by atoms with E-state index in [-0.39, 0.29) is 6.10 Å². The molecular formula is C17H32O. The highest BCUT2D eigenvalue weighted by molar-refractivity contribution is 5.02. The van der Waals surface area contributed by atoms with E-state index in [1.165, 1.54) is 32.1 Å². The molecule has 1 aliphatic carbocycles. The minimum atomic E-state index is -0.235. The van der Waals surface area contributed by atoms with Crippen molar-refractivity contribution in [3.63, 3.8) is 0 Å². The number of aliphatic hydroxyl groups excluding tert-OH is 1. The summed E-state index contributed by atoms with van der Waals surface area (Å²) in [6.45, 7) is 9.32. The van der Waals surface area contributed by atoms with Gasteiger partial charge in [-0.15, -0.1) is 0 Å². The fourth-order valence-corrected chi connectivity index (χ4v) is 3.39. The summed E-state index contributed by atoms with van der Waals surface area (Å²) in [5, 5.41) is 9.98. The van der Waals surface area contributed by atoms with Crippen LogP contribution in [-0.4, -0.2) is 11.2 Å². The first kappa shape index (κ1) is 15.8. The molecule has 0 aromatic carbocycles. The number of rotatable bonds is 6. The Morgan fingerprint density at radius 3 is 2.67 bits per heavy atom. The molecular weight excluding hydrogens is 220 g/mol. The van der Waals surface area contributed by atoms with E-state index >= 15 is 0 Å². The van der Waals surface area contributed by atoms with Gasteiger partial charge in [-0.2, -0.15) is 0 Å². The van der Waals surface area contributed by atoms with Crippen LogP contribution in [0.2, 0.25) is 0 Å². The Labute approximate surface area is 114 Å². The van der Waals surface area contributed by atoms with Gasteiger partial charge in [0.05, 0.1) is 6.10 Å². The first-order valence-electron chi connectivity index (χ1n) is 7.83. The Morgan fingerprint density at radius 2 is 2.06 bits per heavy atom. The summed E-state index contributed by atoms with van der Waals surface area (Å²) >= 11 is 0. The molecule has 0 saturated heterocycles. The molecule has 1 heteroatoms. The monoisotopic (exact) mass is 252 g/mol. The van der Waals surface area contributed by atoms with Gasteiger partial charge in [0.25, 0.3) is 0 Å². The van der Waals surface area contributed by atoms with Crippen LogP contribution in [0.1, 0.15) is 72.6 Å². The van der Waals surface area contributed by atoms with Crippen LogP contribution >= 0.6 is 0 Å². The molecule has 0 spiro atoms. The number of hydrogen-bond acceptors (Lipinski definition) is 1. The SMILES string of the molecule is CCCCCC(O)C=CC1C(C)CCCC1(C)C. The summed E-state index contributed by atoms with van der Waals surface area (Å²) in [5.74, 6) is 1.39. The quantitative estimate of drug-likeness (QED) is 0.524.